The first-order valence-electron chi connectivity index (χ1n) is 6.59. The van der Waals surface area contributed by atoms with Gasteiger partial charge in [0.1, 0.15) is 0 Å². The van der Waals surface area contributed by atoms with Gasteiger partial charge in [-0.2, -0.15) is 13.2 Å². The summed E-state index contributed by atoms with van der Waals surface area (Å²) < 4.78 is 55.7. The molecule has 124 valence electrons. The van der Waals surface area contributed by atoms with Gasteiger partial charge in [-0.25, -0.2) is 14.0 Å². The zero-order chi connectivity index (χ0) is 17.9. The fraction of sp³-hybridized carbons (Fsp3) is 0.125. The topological polar surface area (TPSA) is 74.6 Å². The first-order chi connectivity index (χ1) is 11.1. The molecule has 0 aromatic heterocycles. The minimum atomic E-state index is -5.39. The summed E-state index contributed by atoms with van der Waals surface area (Å²) in [7, 11) is 0. The Morgan fingerprint density at radius 1 is 0.833 bits per heavy atom. The smallest absolute Gasteiger partial charge is 0.431 e. The first kappa shape index (κ1) is 16.0. The fourth-order valence-corrected chi connectivity index (χ4v) is 2.84. The lowest BCUT2D eigenvalue weighted by atomic mass is 9.91. The van der Waals surface area contributed by atoms with Gasteiger partial charge in [-0.05, 0) is 35.4 Å². The lowest BCUT2D eigenvalue weighted by Gasteiger charge is -2.26. The number of alkyl halides is 4. The Labute approximate surface area is 132 Å². The van der Waals surface area contributed by atoms with Crippen LogP contribution >= 0.6 is 0 Å². The summed E-state index contributed by atoms with van der Waals surface area (Å²) >= 11 is 0. The van der Waals surface area contributed by atoms with Crippen molar-refractivity contribution in [2.45, 2.75) is 11.8 Å². The Hall–Kier alpha value is -2.90. The molecule has 0 fully saturated rings. The molecule has 2 N–H and O–H groups in total. The summed E-state index contributed by atoms with van der Waals surface area (Å²) in [5.41, 5.74) is -6.91. The Kier molecular flexibility index (Phi) is 3.19. The molecular formula is C16H8F4O4. The molecule has 0 unspecified atom stereocenters. The minimum Gasteiger partial charge on any atom is -0.478 e. The van der Waals surface area contributed by atoms with Crippen LogP contribution in [-0.4, -0.2) is 28.3 Å². The average molecular weight is 340 g/mol. The second kappa shape index (κ2) is 4.80. The van der Waals surface area contributed by atoms with Gasteiger partial charge in [0.05, 0.1) is 11.1 Å². The second-order valence-electron chi connectivity index (χ2n) is 5.29. The largest absolute Gasteiger partial charge is 0.478 e. The molecule has 2 aromatic carbocycles. The molecule has 1 aliphatic carbocycles. The van der Waals surface area contributed by atoms with Crippen LogP contribution in [0, 0.1) is 0 Å². The Balaban J connectivity index is 2.37. The third-order valence-electron chi connectivity index (χ3n) is 3.96. The first-order valence-corrected chi connectivity index (χ1v) is 6.59. The van der Waals surface area contributed by atoms with E-state index in [0.717, 1.165) is 24.3 Å². The van der Waals surface area contributed by atoms with Crippen LogP contribution < -0.4 is 0 Å². The Morgan fingerprint density at radius 2 is 1.21 bits per heavy atom. The summed E-state index contributed by atoms with van der Waals surface area (Å²) in [6.07, 6.45) is -5.39. The van der Waals surface area contributed by atoms with E-state index in [1.165, 1.54) is 0 Å². The maximum atomic E-state index is 15.2. The van der Waals surface area contributed by atoms with Crippen LogP contribution in [0.15, 0.2) is 36.4 Å². The zero-order valence-electron chi connectivity index (χ0n) is 11.7. The molecule has 0 radical (unpaired) electrons. The van der Waals surface area contributed by atoms with E-state index >= 15 is 4.39 Å². The molecule has 0 saturated carbocycles. The maximum absolute atomic E-state index is 15.2. The number of carboxylic acids is 2. The summed E-state index contributed by atoms with van der Waals surface area (Å²) in [4.78, 5) is 22.0. The number of fused-ring (bicyclic) bond motifs is 3. The molecule has 0 bridgehead atoms. The van der Waals surface area contributed by atoms with Crippen LogP contribution in [0.3, 0.4) is 0 Å². The maximum Gasteiger partial charge on any atom is 0.431 e. The van der Waals surface area contributed by atoms with Gasteiger partial charge in [-0.3, -0.25) is 0 Å². The standard InChI is InChI=1S/C16H8F4O4/c17-15(16(18,19)20)11-5-7(13(21)22)1-3-9(11)10-4-2-8(14(23)24)6-12(10)15/h1-6H,(H,21,22)(H,23,24). The van der Waals surface area contributed by atoms with E-state index in [0.29, 0.717) is 12.1 Å². The van der Waals surface area contributed by atoms with E-state index in [4.69, 9.17) is 10.2 Å². The van der Waals surface area contributed by atoms with Crippen LogP contribution in [0.5, 0.6) is 0 Å². The molecule has 24 heavy (non-hydrogen) atoms. The second-order valence-corrected chi connectivity index (χ2v) is 5.29. The van der Waals surface area contributed by atoms with Crippen LogP contribution in [0.25, 0.3) is 11.1 Å². The molecule has 0 aliphatic heterocycles. The fourth-order valence-electron chi connectivity index (χ4n) is 2.84. The molecule has 0 atom stereocenters. The number of benzene rings is 2. The van der Waals surface area contributed by atoms with Crippen molar-refractivity contribution in [3.63, 3.8) is 0 Å². The van der Waals surface area contributed by atoms with Crippen molar-refractivity contribution in [2.24, 2.45) is 0 Å². The third-order valence-corrected chi connectivity index (χ3v) is 3.96. The summed E-state index contributed by atoms with van der Waals surface area (Å²) in [6.45, 7) is 0. The monoisotopic (exact) mass is 340 g/mol. The SMILES string of the molecule is O=C(O)c1ccc2c(c1)C(F)(C(F)(F)F)c1cc(C(=O)O)ccc1-2. The van der Waals surface area contributed by atoms with E-state index in [-0.39, 0.29) is 11.1 Å². The van der Waals surface area contributed by atoms with E-state index in [9.17, 15) is 22.8 Å². The highest BCUT2D eigenvalue weighted by atomic mass is 19.4. The highest BCUT2D eigenvalue weighted by molar-refractivity contribution is 5.93. The predicted molar refractivity (Wildman–Crippen MR) is 73.7 cm³/mol. The minimum absolute atomic E-state index is 0.119. The van der Waals surface area contributed by atoms with Crippen molar-refractivity contribution in [3.8, 4) is 11.1 Å². The van der Waals surface area contributed by atoms with Gasteiger partial charge in [-0.15, -0.1) is 0 Å². The van der Waals surface area contributed by atoms with E-state index < -0.39 is 46.0 Å². The number of rotatable bonds is 2. The number of carbonyl (C=O) groups is 2. The van der Waals surface area contributed by atoms with E-state index in [1.807, 2.05) is 0 Å². The zero-order valence-corrected chi connectivity index (χ0v) is 11.7. The van der Waals surface area contributed by atoms with Gasteiger partial charge < -0.3 is 10.2 Å². The van der Waals surface area contributed by atoms with Crippen molar-refractivity contribution in [2.75, 3.05) is 0 Å². The van der Waals surface area contributed by atoms with Gasteiger partial charge in [0.25, 0.3) is 5.67 Å². The number of hydrogen-bond donors (Lipinski definition) is 2. The molecule has 0 amide bonds. The van der Waals surface area contributed by atoms with Crippen LogP contribution in [0.2, 0.25) is 0 Å². The number of carboxylic acid groups (broad SMARTS) is 2. The Bertz CT molecular complexity index is 823. The summed E-state index contributed by atoms with van der Waals surface area (Å²) in [6, 6.07) is 5.57. The normalized spacial score (nSPS) is 14.8. The molecule has 0 saturated heterocycles. The van der Waals surface area contributed by atoms with Crippen molar-refractivity contribution >= 4 is 11.9 Å². The molecule has 1 aliphatic rings. The van der Waals surface area contributed by atoms with Gasteiger partial charge in [0, 0.05) is 11.1 Å². The van der Waals surface area contributed by atoms with Crippen molar-refractivity contribution in [3.05, 3.63) is 58.7 Å². The van der Waals surface area contributed by atoms with Crippen LogP contribution in [0.1, 0.15) is 31.8 Å². The molecule has 4 nitrogen and oxygen atoms in total. The van der Waals surface area contributed by atoms with Gasteiger partial charge in [0.15, 0.2) is 0 Å². The Morgan fingerprint density at radius 3 is 1.50 bits per heavy atom. The highest BCUT2D eigenvalue weighted by Crippen LogP contribution is 2.57. The van der Waals surface area contributed by atoms with Crippen LogP contribution in [0.4, 0.5) is 17.6 Å². The molecule has 8 heteroatoms. The van der Waals surface area contributed by atoms with Crippen LogP contribution in [-0.2, 0) is 5.67 Å². The summed E-state index contributed by atoms with van der Waals surface area (Å²) in [5, 5.41) is 17.9. The predicted octanol–water partition coefficient (Wildman–Crippen LogP) is 3.84. The number of aromatic carboxylic acids is 2. The van der Waals surface area contributed by atoms with Crippen molar-refractivity contribution < 1.29 is 37.4 Å². The van der Waals surface area contributed by atoms with Gasteiger partial charge in [0.2, 0.25) is 0 Å². The lowest BCUT2D eigenvalue weighted by Crippen LogP contribution is -2.37. The van der Waals surface area contributed by atoms with E-state index in [1.54, 1.807) is 0 Å². The quantitative estimate of drug-likeness (QED) is 0.815. The van der Waals surface area contributed by atoms with Gasteiger partial charge >= 0.3 is 18.1 Å². The summed E-state index contributed by atoms with van der Waals surface area (Å²) in [5.74, 6) is -2.99. The van der Waals surface area contributed by atoms with Gasteiger partial charge in [-0.1, -0.05) is 12.1 Å². The van der Waals surface area contributed by atoms with Crippen molar-refractivity contribution in [1.82, 2.24) is 0 Å². The molecule has 2 aromatic rings. The lowest BCUT2D eigenvalue weighted by molar-refractivity contribution is -0.217. The molecule has 0 spiro atoms. The van der Waals surface area contributed by atoms with Crippen molar-refractivity contribution in [1.29, 1.82) is 0 Å². The molecular weight excluding hydrogens is 332 g/mol. The number of hydrogen-bond acceptors (Lipinski definition) is 2. The third kappa shape index (κ3) is 1.99. The highest BCUT2D eigenvalue weighted by Gasteiger charge is 2.63. The molecule has 0 heterocycles. The molecule has 3 rings (SSSR count). The van der Waals surface area contributed by atoms with E-state index in [2.05, 4.69) is 0 Å². The average Bonchev–Trinajstić information content (AvgIpc) is 2.76. The number of halogens is 4.